The molecule has 2 aliphatic rings. The van der Waals surface area contributed by atoms with Crippen LogP contribution in [0, 0.1) is 0 Å². The molecule has 2 aromatic heterocycles. The number of hydrogen-bond donors (Lipinski definition) is 4. The molecule has 2 fully saturated rings. The number of benzene rings is 2. The van der Waals surface area contributed by atoms with Crippen molar-refractivity contribution in [3.8, 4) is 0 Å². The fourth-order valence-corrected chi connectivity index (χ4v) is 5.11. The number of imidazole rings is 2. The molecule has 2 saturated heterocycles. The Morgan fingerprint density at radius 1 is 0.811 bits per heavy atom. The molecule has 10 heteroatoms. The predicted molar refractivity (Wildman–Crippen MR) is 144 cm³/mol. The van der Waals surface area contributed by atoms with Crippen LogP contribution in [0.25, 0.3) is 22.1 Å². The number of fused-ring (bicyclic) bond motifs is 2. The maximum atomic E-state index is 6.30. The minimum absolute atomic E-state index is 0.459. The maximum Gasteiger partial charge on any atom is 0.158 e. The fourth-order valence-electron chi connectivity index (χ4n) is 5.11. The van der Waals surface area contributed by atoms with E-state index in [1.807, 2.05) is 50.2 Å². The first-order chi connectivity index (χ1) is 17.8. The number of nitrogens with zero attached hydrogens (tertiary/aromatic N) is 4. The SMILES string of the molecule is CC1(N=C(N)c2ccc3[nH]c(Cc4nc5cc(C(N)=NC6(C)CCCO6)ccc5[nH]4)nc3c2)CCCO1. The molecule has 37 heavy (non-hydrogen) atoms. The first kappa shape index (κ1) is 23.6. The van der Waals surface area contributed by atoms with Crippen molar-refractivity contribution < 1.29 is 9.47 Å². The van der Waals surface area contributed by atoms with Crippen molar-refractivity contribution in [1.29, 1.82) is 0 Å². The summed E-state index contributed by atoms with van der Waals surface area (Å²) in [4.78, 5) is 25.6. The largest absolute Gasteiger partial charge is 0.383 e. The van der Waals surface area contributed by atoms with Crippen molar-refractivity contribution in [2.75, 3.05) is 13.2 Å². The minimum atomic E-state index is -0.546. The number of amidine groups is 2. The zero-order valence-corrected chi connectivity index (χ0v) is 21.2. The second-order valence-electron chi connectivity index (χ2n) is 10.3. The van der Waals surface area contributed by atoms with Crippen LogP contribution in [0.2, 0.25) is 0 Å². The van der Waals surface area contributed by atoms with Gasteiger partial charge in [0.15, 0.2) is 11.4 Å². The van der Waals surface area contributed by atoms with Crippen LogP contribution in [-0.4, -0.2) is 56.3 Å². The Kier molecular flexibility index (Phi) is 5.73. The molecule has 4 aromatic rings. The fraction of sp³-hybridized carbons (Fsp3) is 0.407. The van der Waals surface area contributed by atoms with E-state index < -0.39 is 11.4 Å². The van der Waals surface area contributed by atoms with E-state index >= 15 is 0 Å². The van der Waals surface area contributed by atoms with Crippen molar-refractivity contribution >= 4 is 33.7 Å². The molecule has 0 spiro atoms. The molecule has 192 valence electrons. The van der Waals surface area contributed by atoms with Gasteiger partial charge in [0.05, 0.1) is 28.5 Å². The van der Waals surface area contributed by atoms with Gasteiger partial charge in [-0.2, -0.15) is 0 Å². The van der Waals surface area contributed by atoms with Crippen LogP contribution in [0.4, 0.5) is 0 Å². The summed E-state index contributed by atoms with van der Waals surface area (Å²) in [6, 6.07) is 11.8. The number of aliphatic imine (C=N–C) groups is 2. The van der Waals surface area contributed by atoms with Crippen LogP contribution in [0.5, 0.6) is 0 Å². The van der Waals surface area contributed by atoms with Crippen LogP contribution in [0.15, 0.2) is 46.4 Å². The Balaban J connectivity index is 1.22. The second kappa shape index (κ2) is 8.97. The van der Waals surface area contributed by atoms with Crippen molar-refractivity contribution in [3.63, 3.8) is 0 Å². The van der Waals surface area contributed by atoms with Gasteiger partial charge >= 0.3 is 0 Å². The maximum absolute atomic E-state index is 6.30. The third kappa shape index (κ3) is 4.82. The van der Waals surface area contributed by atoms with Gasteiger partial charge < -0.3 is 30.9 Å². The number of nitrogens with two attached hydrogens (primary N) is 2. The highest BCUT2D eigenvalue weighted by molar-refractivity contribution is 6.01. The summed E-state index contributed by atoms with van der Waals surface area (Å²) < 4.78 is 11.5. The van der Waals surface area contributed by atoms with Crippen molar-refractivity contribution in [2.45, 2.75) is 57.4 Å². The molecule has 6 N–H and O–H groups in total. The van der Waals surface area contributed by atoms with Gasteiger partial charge in [0.25, 0.3) is 0 Å². The third-order valence-corrected chi connectivity index (χ3v) is 7.10. The predicted octanol–water partition coefficient (Wildman–Crippen LogP) is 3.49. The summed E-state index contributed by atoms with van der Waals surface area (Å²) in [6.45, 7) is 5.38. The van der Waals surface area contributed by atoms with E-state index in [-0.39, 0.29) is 0 Å². The lowest BCUT2D eigenvalue weighted by atomic mass is 10.1. The van der Waals surface area contributed by atoms with Gasteiger partial charge in [0.1, 0.15) is 23.3 Å². The molecule has 0 amide bonds. The summed E-state index contributed by atoms with van der Waals surface area (Å²) in [5, 5.41) is 0. The van der Waals surface area contributed by atoms with E-state index in [2.05, 4.69) is 20.0 Å². The van der Waals surface area contributed by atoms with Crippen molar-refractivity contribution in [3.05, 3.63) is 59.2 Å². The van der Waals surface area contributed by atoms with E-state index in [1.54, 1.807) is 0 Å². The molecular formula is C27H32N8O2. The number of aromatic amines is 2. The van der Waals surface area contributed by atoms with Crippen molar-refractivity contribution in [2.24, 2.45) is 21.5 Å². The van der Waals surface area contributed by atoms with Gasteiger partial charge in [-0.05, 0) is 75.9 Å². The molecule has 0 aliphatic carbocycles. The topological polar surface area (TPSA) is 153 Å². The van der Waals surface area contributed by atoms with Crippen LogP contribution < -0.4 is 11.5 Å². The zero-order valence-electron chi connectivity index (χ0n) is 21.2. The Hall–Kier alpha value is -3.76. The lowest BCUT2D eigenvalue weighted by Gasteiger charge is -2.18. The molecule has 10 nitrogen and oxygen atoms in total. The molecule has 0 bridgehead atoms. The molecule has 0 saturated carbocycles. The average Bonchev–Trinajstić information content (AvgIpc) is 3.64. The summed E-state index contributed by atoms with van der Waals surface area (Å²) >= 11 is 0. The second-order valence-corrected chi connectivity index (χ2v) is 10.3. The summed E-state index contributed by atoms with van der Waals surface area (Å²) in [5.74, 6) is 2.53. The molecule has 2 aromatic carbocycles. The number of aromatic nitrogens is 4. The highest BCUT2D eigenvalue weighted by Crippen LogP contribution is 2.28. The number of hydrogen-bond acceptors (Lipinski definition) is 6. The van der Waals surface area contributed by atoms with E-state index in [1.165, 1.54) is 0 Å². The van der Waals surface area contributed by atoms with Gasteiger partial charge in [-0.1, -0.05) is 0 Å². The number of rotatable bonds is 6. The third-order valence-electron chi connectivity index (χ3n) is 7.10. The average molecular weight is 501 g/mol. The molecule has 0 radical (unpaired) electrons. The first-order valence-electron chi connectivity index (χ1n) is 12.7. The van der Waals surface area contributed by atoms with Gasteiger partial charge in [-0.25, -0.2) is 20.0 Å². The Morgan fingerprint density at radius 2 is 1.27 bits per heavy atom. The van der Waals surface area contributed by atoms with Crippen LogP contribution in [0.3, 0.4) is 0 Å². The van der Waals surface area contributed by atoms with Gasteiger partial charge in [0.2, 0.25) is 0 Å². The smallest absolute Gasteiger partial charge is 0.158 e. The van der Waals surface area contributed by atoms with Crippen LogP contribution in [-0.2, 0) is 15.9 Å². The number of H-pyrrole nitrogens is 2. The van der Waals surface area contributed by atoms with E-state index in [9.17, 15) is 0 Å². The van der Waals surface area contributed by atoms with Crippen LogP contribution >= 0.6 is 0 Å². The molecular weight excluding hydrogens is 468 g/mol. The quantitative estimate of drug-likeness (QED) is 0.235. The highest BCUT2D eigenvalue weighted by Gasteiger charge is 2.30. The molecule has 2 atom stereocenters. The summed E-state index contributed by atoms with van der Waals surface area (Å²) in [7, 11) is 0. The monoisotopic (exact) mass is 500 g/mol. The van der Waals surface area contributed by atoms with Crippen molar-refractivity contribution in [1.82, 2.24) is 19.9 Å². The number of nitrogens with one attached hydrogen (secondary N) is 2. The Morgan fingerprint density at radius 3 is 1.68 bits per heavy atom. The van der Waals surface area contributed by atoms with Crippen LogP contribution in [0.1, 0.15) is 62.3 Å². The minimum Gasteiger partial charge on any atom is -0.383 e. The highest BCUT2D eigenvalue weighted by atomic mass is 16.5. The Labute approximate surface area is 214 Å². The van der Waals surface area contributed by atoms with Gasteiger partial charge in [-0.3, -0.25) is 0 Å². The summed E-state index contributed by atoms with van der Waals surface area (Å²) in [6.07, 6.45) is 4.25. The lowest BCUT2D eigenvalue weighted by molar-refractivity contribution is 0.0279. The molecule has 4 heterocycles. The molecule has 2 unspecified atom stereocenters. The van der Waals surface area contributed by atoms with E-state index in [0.29, 0.717) is 31.3 Å². The zero-order chi connectivity index (χ0) is 25.6. The summed E-state index contributed by atoms with van der Waals surface area (Å²) in [5.41, 5.74) is 16.7. The van der Waals surface area contributed by atoms with E-state index in [4.69, 9.17) is 30.9 Å². The van der Waals surface area contributed by atoms with Gasteiger partial charge in [0, 0.05) is 24.3 Å². The van der Waals surface area contributed by atoms with E-state index in [0.717, 1.165) is 70.5 Å². The lowest BCUT2D eigenvalue weighted by Crippen LogP contribution is -2.26. The first-order valence-corrected chi connectivity index (χ1v) is 12.7. The molecule has 2 aliphatic heterocycles. The number of ether oxygens (including phenoxy) is 2. The Bertz CT molecular complexity index is 1410. The normalized spacial score (nSPS) is 25.0. The standard InChI is InChI=1S/C27H32N8O2/c1-26(9-3-11-36-26)34-24(28)16-5-7-18-20(13-16)32-22(30-18)15-23-31-19-8-6-17(14-21(19)33-23)25(29)35-27(2)10-4-12-37-27/h5-8,13-14H,3-4,9-12,15H2,1-2H3,(H2,28,34)(H2,29,35)(H,30,32)(H,31,33). The van der Waals surface area contributed by atoms with Gasteiger partial charge in [-0.15, -0.1) is 0 Å². The molecule has 6 rings (SSSR count).